The van der Waals surface area contributed by atoms with Crippen molar-refractivity contribution in [3.05, 3.63) is 29.3 Å². The number of rotatable bonds is 7. The van der Waals surface area contributed by atoms with Gasteiger partial charge in [0.05, 0.1) is 6.61 Å². The van der Waals surface area contributed by atoms with E-state index in [4.69, 9.17) is 15.2 Å². The molecule has 0 saturated heterocycles. The van der Waals surface area contributed by atoms with Crippen molar-refractivity contribution in [3.63, 3.8) is 0 Å². The number of hydrogen-bond acceptors (Lipinski definition) is 4. The molecule has 0 aromatic heterocycles. The first-order valence-corrected chi connectivity index (χ1v) is 6.75. The van der Waals surface area contributed by atoms with Gasteiger partial charge in [-0.3, -0.25) is 4.79 Å². The number of carbonyl (C=O) groups is 1. The highest BCUT2D eigenvalue weighted by Crippen LogP contribution is 2.26. The van der Waals surface area contributed by atoms with E-state index < -0.39 is 6.10 Å². The number of nitrogens with one attached hydrogen (secondary N) is 1. The first kappa shape index (κ1) is 16.5. The van der Waals surface area contributed by atoms with Crippen LogP contribution in [0.2, 0.25) is 0 Å². The number of hydrogen-bond donors (Lipinski definition) is 2. The van der Waals surface area contributed by atoms with Gasteiger partial charge in [-0.05, 0) is 32.4 Å². The Morgan fingerprint density at radius 3 is 2.70 bits per heavy atom. The Morgan fingerprint density at radius 2 is 2.10 bits per heavy atom. The third kappa shape index (κ3) is 4.83. The number of carbonyl (C=O) groups excluding carboxylic acids is 1. The van der Waals surface area contributed by atoms with Crippen molar-refractivity contribution in [1.29, 1.82) is 0 Å². The molecule has 1 unspecified atom stereocenters. The summed E-state index contributed by atoms with van der Waals surface area (Å²) in [7, 11) is 1.59. The number of amides is 1. The zero-order valence-electron chi connectivity index (χ0n) is 12.6. The molecule has 0 spiro atoms. The van der Waals surface area contributed by atoms with Gasteiger partial charge in [-0.25, -0.2) is 0 Å². The van der Waals surface area contributed by atoms with Crippen LogP contribution in [0.4, 0.5) is 0 Å². The van der Waals surface area contributed by atoms with Crippen LogP contribution in [0.5, 0.6) is 5.75 Å². The second kappa shape index (κ2) is 7.87. The van der Waals surface area contributed by atoms with Gasteiger partial charge in [0.1, 0.15) is 5.75 Å². The molecule has 0 aliphatic rings. The zero-order valence-corrected chi connectivity index (χ0v) is 12.6. The van der Waals surface area contributed by atoms with E-state index in [9.17, 15) is 4.79 Å². The number of aryl methyl sites for hydroxylation is 1. The summed E-state index contributed by atoms with van der Waals surface area (Å²) in [5.74, 6) is 0.494. The molecule has 2 atom stereocenters. The highest BCUT2D eigenvalue weighted by atomic mass is 16.5. The molecule has 0 aliphatic carbocycles. The molecule has 20 heavy (non-hydrogen) atoms. The maximum absolute atomic E-state index is 11.9. The SMILES string of the molecule is COCCNC(=O)C(C)Oc1cc(C)ccc1[C@@H](C)N. The summed E-state index contributed by atoms with van der Waals surface area (Å²) in [5.41, 5.74) is 7.88. The van der Waals surface area contributed by atoms with Crippen LogP contribution >= 0.6 is 0 Å². The summed E-state index contributed by atoms with van der Waals surface area (Å²) in [6, 6.07) is 5.67. The van der Waals surface area contributed by atoms with Crippen LogP contribution in [-0.2, 0) is 9.53 Å². The smallest absolute Gasteiger partial charge is 0.260 e. The van der Waals surface area contributed by atoms with Crippen molar-refractivity contribution in [1.82, 2.24) is 5.32 Å². The van der Waals surface area contributed by atoms with Gasteiger partial charge < -0.3 is 20.5 Å². The lowest BCUT2D eigenvalue weighted by Crippen LogP contribution is -2.38. The van der Waals surface area contributed by atoms with Gasteiger partial charge in [-0.15, -0.1) is 0 Å². The molecule has 5 nitrogen and oxygen atoms in total. The third-order valence-electron chi connectivity index (χ3n) is 2.94. The highest BCUT2D eigenvalue weighted by molar-refractivity contribution is 5.80. The summed E-state index contributed by atoms with van der Waals surface area (Å²) in [5, 5.41) is 2.75. The third-order valence-corrected chi connectivity index (χ3v) is 2.94. The molecular weight excluding hydrogens is 256 g/mol. The number of methoxy groups -OCH3 is 1. The quantitative estimate of drug-likeness (QED) is 0.743. The van der Waals surface area contributed by atoms with E-state index in [1.165, 1.54) is 0 Å². The molecule has 0 heterocycles. The van der Waals surface area contributed by atoms with Crippen LogP contribution in [0, 0.1) is 6.92 Å². The summed E-state index contributed by atoms with van der Waals surface area (Å²) < 4.78 is 10.6. The van der Waals surface area contributed by atoms with Crippen LogP contribution in [0.1, 0.15) is 31.0 Å². The van der Waals surface area contributed by atoms with Crippen molar-refractivity contribution in [2.45, 2.75) is 32.9 Å². The lowest BCUT2D eigenvalue weighted by Gasteiger charge is -2.19. The monoisotopic (exact) mass is 280 g/mol. The highest BCUT2D eigenvalue weighted by Gasteiger charge is 2.17. The molecule has 1 aromatic carbocycles. The van der Waals surface area contributed by atoms with Gasteiger partial charge >= 0.3 is 0 Å². The minimum Gasteiger partial charge on any atom is -0.481 e. The number of nitrogens with two attached hydrogens (primary N) is 1. The van der Waals surface area contributed by atoms with Crippen LogP contribution < -0.4 is 15.8 Å². The maximum atomic E-state index is 11.9. The molecule has 1 amide bonds. The predicted octanol–water partition coefficient (Wildman–Crippen LogP) is 1.54. The van der Waals surface area contributed by atoms with Gasteiger partial charge in [-0.1, -0.05) is 12.1 Å². The van der Waals surface area contributed by atoms with E-state index in [2.05, 4.69) is 5.32 Å². The average Bonchev–Trinajstić information content (AvgIpc) is 2.38. The first-order chi connectivity index (χ1) is 9.45. The molecule has 5 heteroatoms. The molecule has 3 N–H and O–H groups in total. The Bertz CT molecular complexity index is 447. The maximum Gasteiger partial charge on any atom is 0.260 e. The van der Waals surface area contributed by atoms with E-state index in [1.54, 1.807) is 14.0 Å². The Hall–Kier alpha value is -1.59. The van der Waals surface area contributed by atoms with Crippen LogP contribution in [0.15, 0.2) is 18.2 Å². The fourth-order valence-corrected chi connectivity index (χ4v) is 1.78. The van der Waals surface area contributed by atoms with Gasteiger partial charge in [0.2, 0.25) is 0 Å². The molecular formula is C15H24N2O3. The van der Waals surface area contributed by atoms with E-state index in [0.717, 1.165) is 11.1 Å². The topological polar surface area (TPSA) is 73.6 Å². The standard InChI is InChI=1S/C15H24N2O3/c1-10-5-6-13(11(2)16)14(9-10)20-12(3)15(18)17-7-8-19-4/h5-6,9,11-12H,7-8,16H2,1-4H3,(H,17,18)/t11-,12?/m1/s1. The van der Waals surface area contributed by atoms with Crippen LogP contribution in [0.25, 0.3) is 0 Å². The van der Waals surface area contributed by atoms with Gasteiger partial charge in [-0.2, -0.15) is 0 Å². The Morgan fingerprint density at radius 1 is 1.40 bits per heavy atom. The first-order valence-electron chi connectivity index (χ1n) is 6.75. The molecule has 0 aliphatic heterocycles. The summed E-state index contributed by atoms with van der Waals surface area (Å²) in [6.07, 6.45) is -0.578. The molecule has 0 radical (unpaired) electrons. The van der Waals surface area contributed by atoms with Crippen molar-refractivity contribution >= 4 is 5.91 Å². The molecule has 0 bridgehead atoms. The van der Waals surface area contributed by atoms with Crippen molar-refractivity contribution < 1.29 is 14.3 Å². The lowest BCUT2D eigenvalue weighted by molar-refractivity contribution is -0.127. The zero-order chi connectivity index (χ0) is 15.1. The van der Waals surface area contributed by atoms with Crippen LogP contribution in [-0.4, -0.2) is 32.3 Å². The van der Waals surface area contributed by atoms with Crippen molar-refractivity contribution in [2.75, 3.05) is 20.3 Å². The van der Waals surface area contributed by atoms with E-state index >= 15 is 0 Å². The predicted molar refractivity (Wildman–Crippen MR) is 78.8 cm³/mol. The fraction of sp³-hybridized carbons (Fsp3) is 0.533. The van der Waals surface area contributed by atoms with E-state index in [1.807, 2.05) is 32.0 Å². The van der Waals surface area contributed by atoms with Crippen molar-refractivity contribution in [3.8, 4) is 5.75 Å². The largest absolute Gasteiger partial charge is 0.481 e. The molecule has 1 rings (SSSR count). The van der Waals surface area contributed by atoms with Crippen molar-refractivity contribution in [2.24, 2.45) is 5.73 Å². The Kier molecular flexibility index (Phi) is 6.48. The van der Waals surface area contributed by atoms with E-state index in [0.29, 0.717) is 18.9 Å². The second-order valence-electron chi connectivity index (χ2n) is 4.87. The van der Waals surface area contributed by atoms with Gasteiger partial charge in [0.25, 0.3) is 5.91 Å². The number of ether oxygens (including phenoxy) is 2. The summed E-state index contributed by atoms with van der Waals surface area (Å²) in [4.78, 5) is 11.9. The normalized spacial score (nSPS) is 13.7. The average molecular weight is 280 g/mol. The lowest BCUT2D eigenvalue weighted by atomic mass is 10.1. The van der Waals surface area contributed by atoms with Gasteiger partial charge in [0.15, 0.2) is 6.10 Å². The molecule has 0 saturated carbocycles. The Labute approximate surface area is 120 Å². The van der Waals surface area contributed by atoms with Crippen LogP contribution in [0.3, 0.4) is 0 Å². The number of benzene rings is 1. The van der Waals surface area contributed by atoms with Gasteiger partial charge in [0, 0.05) is 25.3 Å². The fourth-order valence-electron chi connectivity index (χ4n) is 1.78. The Balaban J connectivity index is 2.71. The molecule has 1 aromatic rings. The second-order valence-corrected chi connectivity index (χ2v) is 4.87. The molecule has 0 fully saturated rings. The minimum atomic E-state index is -0.578. The minimum absolute atomic E-state index is 0.144. The summed E-state index contributed by atoms with van der Waals surface area (Å²) in [6.45, 7) is 6.53. The van der Waals surface area contributed by atoms with E-state index in [-0.39, 0.29) is 11.9 Å². The summed E-state index contributed by atoms with van der Waals surface area (Å²) >= 11 is 0. The molecule has 112 valence electrons.